The number of aromatic nitrogens is 4. The fourth-order valence-corrected chi connectivity index (χ4v) is 2.99. The highest BCUT2D eigenvalue weighted by atomic mass is 16.5. The lowest BCUT2D eigenvalue weighted by atomic mass is 10.1. The molecule has 1 N–H and O–H groups in total. The van der Waals surface area contributed by atoms with Crippen molar-refractivity contribution in [2.24, 2.45) is 0 Å². The Bertz CT molecular complexity index is 690. The number of rotatable bonds is 5. The van der Waals surface area contributed by atoms with Crippen LogP contribution in [-0.2, 0) is 22.6 Å². The van der Waals surface area contributed by atoms with E-state index < -0.39 is 0 Å². The van der Waals surface area contributed by atoms with E-state index in [1.165, 1.54) is 0 Å². The van der Waals surface area contributed by atoms with Gasteiger partial charge in [0.15, 0.2) is 0 Å². The Labute approximate surface area is 135 Å². The minimum Gasteiger partial charge on any atom is -0.371 e. The molecular weight excluding hydrogens is 294 g/mol. The molecule has 23 heavy (non-hydrogen) atoms. The summed E-state index contributed by atoms with van der Waals surface area (Å²) in [6, 6.07) is 1.95. The van der Waals surface area contributed by atoms with Crippen molar-refractivity contribution >= 4 is 5.91 Å². The molecule has 7 heteroatoms. The van der Waals surface area contributed by atoms with Crippen LogP contribution in [0.3, 0.4) is 0 Å². The van der Waals surface area contributed by atoms with Gasteiger partial charge in [-0.3, -0.25) is 14.2 Å². The molecular formula is C16H23N5O2. The first-order chi connectivity index (χ1) is 11.1. The predicted octanol–water partition coefficient (Wildman–Crippen LogP) is 1.36. The number of aryl methyl sites for hydroxylation is 3. The smallest absolute Gasteiger partial charge is 0.242 e. The maximum absolute atomic E-state index is 12.3. The van der Waals surface area contributed by atoms with Gasteiger partial charge in [-0.2, -0.15) is 10.2 Å². The van der Waals surface area contributed by atoms with Crippen molar-refractivity contribution in [3.05, 3.63) is 35.4 Å². The van der Waals surface area contributed by atoms with E-state index in [0.717, 1.165) is 29.9 Å². The van der Waals surface area contributed by atoms with E-state index in [1.807, 2.05) is 43.9 Å². The highest BCUT2D eigenvalue weighted by Gasteiger charge is 2.31. The van der Waals surface area contributed by atoms with Crippen molar-refractivity contribution in [1.82, 2.24) is 24.9 Å². The van der Waals surface area contributed by atoms with Crippen LogP contribution in [0.2, 0.25) is 0 Å². The van der Waals surface area contributed by atoms with E-state index in [4.69, 9.17) is 4.74 Å². The largest absolute Gasteiger partial charge is 0.371 e. The average molecular weight is 317 g/mol. The zero-order valence-corrected chi connectivity index (χ0v) is 13.8. The molecule has 0 aliphatic carbocycles. The lowest BCUT2D eigenvalue weighted by Gasteiger charge is -2.19. The lowest BCUT2D eigenvalue weighted by molar-refractivity contribution is -0.123. The van der Waals surface area contributed by atoms with Gasteiger partial charge >= 0.3 is 0 Å². The predicted molar refractivity (Wildman–Crippen MR) is 84.8 cm³/mol. The summed E-state index contributed by atoms with van der Waals surface area (Å²) in [4.78, 5) is 12.3. The molecule has 2 aromatic heterocycles. The van der Waals surface area contributed by atoms with Crippen LogP contribution < -0.4 is 5.32 Å². The highest BCUT2D eigenvalue weighted by molar-refractivity contribution is 5.76. The zero-order chi connectivity index (χ0) is 16.4. The topological polar surface area (TPSA) is 74.0 Å². The third kappa shape index (κ3) is 3.44. The van der Waals surface area contributed by atoms with Gasteiger partial charge in [-0.25, -0.2) is 0 Å². The summed E-state index contributed by atoms with van der Waals surface area (Å²) >= 11 is 0. The summed E-state index contributed by atoms with van der Waals surface area (Å²) in [6.07, 6.45) is 4.49. The summed E-state index contributed by atoms with van der Waals surface area (Å²) < 4.78 is 9.39. The molecule has 0 bridgehead atoms. The first-order valence-electron chi connectivity index (χ1n) is 8.01. The van der Waals surface area contributed by atoms with E-state index in [1.54, 1.807) is 4.68 Å². The summed E-state index contributed by atoms with van der Waals surface area (Å²) in [5.74, 6) is -0.0421. The molecule has 2 atom stereocenters. The molecule has 1 fully saturated rings. The Morgan fingerprint density at radius 3 is 2.96 bits per heavy atom. The minimum atomic E-state index is -0.125. The first kappa shape index (κ1) is 15.7. The number of ether oxygens (including phenoxy) is 1. The van der Waals surface area contributed by atoms with Crippen LogP contribution in [-0.4, -0.2) is 38.1 Å². The molecule has 1 aliphatic heterocycles. The summed E-state index contributed by atoms with van der Waals surface area (Å²) in [5.41, 5.74) is 2.92. The third-order valence-corrected chi connectivity index (χ3v) is 4.14. The van der Waals surface area contributed by atoms with Gasteiger partial charge in [0.1, 0.15) is 12.6 Å². The monoisotopic (exact) mass is 317 g/mol. The van der Waals surface area contributed by atoms with E-state index in [0.29, 0.717) is 6.61 Å². The number of nitrogens with one attached hydrogen (secondary N) is 1. The van der Waals surface area contributed by atoms with E-state index in [2.05, 4.69) is 15.5 Å². The molecule has 124 valence electrons. The van der Waals surface area contributed by atoms with Crippen LogP contribution in [0, 0.1) is 13.8 Å². The number of carbonyl (C=O) groups excluding carboxylic acids is 1. The Morgan fingerprint density at radius 2 is 2.30 bits per heavy atom. The maximum atomic E-state index is 12.3. The molecule has 0 radical (unpaired) electrons. The van der Waals surface area contributed by atoms with Gasteiger partial charge in [-0.15, -0.1) is 0 Å². The van der Waals surface area contributed by atoms with E-state index in [9.17, 15) is 4.79 Å². The number of hydrogen-bond acceptors (Lipinski definition) is 4. The maximum Gasteiger partial charge on any atom is 0.242 e. The highest BCUT2D eigenvalue weighted by Crippen LogP contribution is 2.28. The Kier molecular flexibility index (Phi) is 4.47. The Balaban J connectivity index is 1.64. The summed E-state index contributed by atoms with van der Waals surface area (Å²) in [7, 11) is 0. The standard InChI is InChI=1S/C16H23N5O2/c1-4-20-9-13(8-17-20)16-14(5-6-23-16)18-15(22)10-21-12(3)7-11(2)19-21/h7-9,14,16H,4-6,10H2,1-3H3,(H,18,22)/t14-,16+/m0/s1. The third-order valence-electron chi connectivity index (χ3n) is 4.14. The second-order valence-corrected chi connectivity index (χ2v) is 5.97. The molecule has 7 nitrogen and oxygen atoms in total. The summed E-state index contributed by atoms with van der Waals surface area (Å²) in [5, 5.41) is 11.7. The van der Waals surface area contributed by atoms with Gasteiger partial charge in [0.2, 0.25) is 5.91 Å². The minimum absolute atomic E-state index is 0.0195. The van der Waals surface area contributed by atoms with Crippen LogP contribution in [0.15, 0.2) is 18.5 Å². The molecule has 0 aromatic carbocycles. The number of hydrogen-bond donors (Lipinski definition) is 1. The van der Waals surface area contributed by atoms with Gasteiger partial charge < -0.3 is 10.1 Å². The van der Waals surface area contributed by atoms with E-state index in [-0.39, 0.29) is 24.6 Å². The lowest BCUT2D eigenvalue weighted by Crippen LogP contribution is -2.39. The van der Waals surface area contributed by atoms with Gasteiger partial charge in [0.05, 0.1) is 17.9 Å². The van der Waals surface area contributed by atoms with E-state index >= 15 is 0 Å². The van der Waals surface area contributed by atoms with Crippen LogP contribution in [0.25, 0.3) is 0 Å². The van der Waals surface area contributed by atoms with Gasteiger partial charge in [-0.05, 0) is 33.3 Å². The van der Waals surface area contributed by atoms with Crippen molar-refractivity contribution in [2.75, 3.05) is 6.61 Å². The molecule has 1 saturated heterocycles. The van der Waals surface area contributed by atoms with Gasteiger partial charge in [0.25, 0.3) is 0 Å². The van der Waals surface area contributed by atoms with Crippen molar-refractivity contribution < 1.29 is 9.53 Å². The average Bonchev–Trinajstić information content (AvgIpc) is 3.20. The molecule has 0 unspecified atom stereocenters. The van der Waals surface area contributed by atoms with Crippen molar-refractivity contribution in [3.63, 3.8) is 0 Å². The molecule has 3 rings (SSSR count). The fourth-order valence-electron chi connectivity index (χ4n) is 2.99. The second-order valence-electron chi connectivity index (χ2n) is 5.97. The van der Waals surface area contributed by atoms with Crippen molar-refractivity contribution in [2.45, 2.75) is 52.4 Å². The fraction of sp³-hybridized carbons (Fsp3) is 0.562. The van der Waals surface area contributed by atoms with Gasteiger partial charge in [0, 0.05) is 30.6 Å². The SMILES string of the molecule is CCn1cc([C@H]2OCC[C@@H]2NC(=O)Cn2nc(C)cc2C)cn1. The number of amides is 1. The second kappa shape index (κ2) is 6.54. The Hall–Kier alpha value is -2.15. The van der Waals surface area contributed by atoms with Crippen LogP contribution >= 0.6 is 0 Å². The number of carbonyl (C=O) groups is 1. The molecule has 1 amide bonds. The number of nitrogens with zero attached hydrogens (tertiary/aromatic N) is 4. The molecule has 1 aliphatic rings. The van der Waals surface area contributed by atoms with Crippen molar-refractivity contribution in [3.8, 4) is 0 Å². The zero-order valence-electron chi connectivity index (χ0n) is 13.8. The molecule has 3 heterocycles. The van der Waals surface area contributed by atoms with Gasteiger partial charge in [-0.1, -0.05) is 0 Å². The quantitative estimate of drug-likeness (QED) is 0.904. The molecule has 0 spiro atoms. The van der Waals surface area contributed by atoms with Crippen LogP contribution in [0.4, 0.5) is 0 Å². The van der Waals surface area contributed by atoms with Crippen molar-refractivity contribution in [1.29, 1.82) is 0 Å². The first-order valence-corrected chi connectivity index (χ1v) is 8.01. The van der Waals surface area contributed by atoms with Crippen LogP contribution in [0.1, 0.15) is 36.4 Å². The molecule has 2 aromatic rings. The van der Waals surface area contributed by atoms with Crippen LogP contribution in [0.5, 0.6) is 0 Å². The summed E-state index contributed by atoms with van der Waals surface area (Å²) in [6.45, 7) is 7.62. The Morgan fingerprint density at radius 1 is 1.48 bits per heavy atom. The normalized spacial score (nSPS) is 20.8. The molecule has 0 saturated carbocycles.